The van der Waals surface area contributed by atoms with Gasteiger partial charge in [0.25, 0.3) is 0 Å². The van der Waals surface area contributed by atoms with Crippen molar-refractivity contribution in [2.24, 2.45) is 0 Å². The van der Waals surface area contributed by atoms with Gasteiger partial charge in [0.1, 0.15) is 6.54 Å². The zero-order valence-electron chi connectivity index (χ0n) is 17.3. The van der Waals surface area contributed by atoms with Crippen LogP contribution in [0.1, 0.15) is 77.6 Å². The Morgan fingerprint density at radius 1 is 0.962 bits per heavy atom. The normalized spacial score (nSPS) is 13.1. The minimum Gasteiger partial charge on any atom is -0.550 e. The average Bonchev–Trinajstić information content (AvgIpc) is 2.50. The van der Waals surface area contributed by atoms with Crippen LogP contribution in [0.25, 0.3) is 0 Å². The largest absolute Gasteiger partial charge is 0.550 e. The van der Waals surface area contributed by atoms with Crippen molar-refractivity contribution >= 4 is 11.9 Å². The first-order chi connectivity index (χ1) is 12.2. The number of carbonyl (C=O) groups is 2. The third-order valence-electron chi connectivity index (χ3n) is 4.09. The van der Waals surface area contributed by atoms with E-state index >= 15 is 0 Å². The van der Waals surface area contributed by atoms with Crippen LogP contribution in [0.5, 0.6) is 0 Å². The molecule has 0 saturated heterocycles. The van der Waals surface area contributed by atoms with Crippen LogP contribution in [0, 0.1) is 0 Å². The summed E-state index contributed by atoms with van der Waals surface area (Å²) in [7, 11) is 5.81. The molecule has 0 aromatic rings. The van der Waals surface area contributed by atoms with E-state index in [0.29, 0.717) is 17.4 Å². The summed E-state index contributed by atoms with van der Waals surface area (Å²) >= 11 is 0. The number of ether oxygens (including phenoxy) is 1. The van der Waals surface area contributed by atoms with Crippen LogP contribution < -0.4 is 5.11 Å². The maximum atomic E-state index is 11.9. The molecule has 152 valence electrons. The fourth-order valence-electron chi connectivity index (χ4n) is 2.83. The Bertz CT molecular complexity index is 413. The molecule has 0 saturated carbocycles. The second kappa shape index (κ2) is 14.8. The molecule has 5 heteroatoms. The maximum absolute atomic E-state index is 11.9. The third-order valence-corrected chi connectivity index (χ3v) is 4.09. The summed E-state index contributed by atoms with van der Waals surface area (Å²) in [6, 6.07) is 0. The zero-order valence-corrected chi connectivity index (χ0v) is 17.3. The van der Waals surface area contributed by atoms with Crippen molar-refractivity contribution in [1.82, 2.24) is 0 Å². The molecule has 1 unspecified atom stereocenters. The molecule has 1 atom stereocenters. The van der Waals surface area contributed by atoms with E-state index in [2.05, 4.69) is 19.1 Å². The molecule has 0 aliphatic heterocycles. The Kier molecular flexibility index (Phi) is 14.0. The highest BCUT2D eigenvalue weighted by Gasteiger charge is 2.22. The molecule has 26 heavy (non-hydrogen) atoms. The van der Waals surface area contributed by atoms with Crippen molar-refractivity contribution in [3.63, 3.8) is 0 Å². The topological polar surface area (TPSA) is 66.4 Å². The lowest BCUT2D eigenvalue weighted by Gasteiger charge is -2.29. The molecular weight excluding hydrogens is 330 g/mol. The van der Waals surface area contributed by atoms with E-state index in [4.69, 9.17) is 4.74 Å². The van der Waals surface area contributed by atoms with Gasteiger partial charge in [0.2, 0.25) is 0 Å². The van der Waals surface area contributed by atoms with Crippen LogP contribution in [-0.4, -0.2) is 50.2 Å². The van der Waals surface area contributed by atoms with E-state index in [0.717, 1.165) is 19.3 Å². The van der Waals surface area contributed by atoms with Crippen molar-refractivity contribution in [3.05, 3.63) is 12.2 Å². The number of aliphatic carboxylic acids is 1. The number of nitrogens with zero attached hydrogens (tertiary/aromatic N) is 1. The Balaban J connectivity index is 3.85. The Morgan fingerprint density at radius 3 is 2.12 bits per heavy atom. The number of quaternary nitrogens is 1. The van der Waals surface area contributed by atoms with E-state index in [1.807, 2.05) is 21.1 Å². The van der Waals surface area contributed by atoms with Crippen LogP contribution in [0.15, 0.2) is 12.2 Å². The number of carboxylic acid groups (broad SMARTS) is 1. The van der Waals surface area contributed by atoms with Crippen LogP contribution in [0.3, 0.4) is 0 Å². The molecule has 0 aromatic carbocycles. The lowest BCUT2D eigenvalue weighted by atomic mass is 10.1. The first-order valence-corrected chi connectivity index (χ1v) is 10.1. The number of hydrogen-bond acceptors (Lipinski definition) is 4. The van der Waals surface area contributed by atoms with Crippen LogP contribution in [0.2, 0.25) is 0 Å². The van der Waals surface area contributed by atoms with E-state index in [1.54, 1.807) is 0 Å². The summed E-state index contributed by atoms with van der Waals surface area (Å²) in [6.45, 7) is 2.68. The second-order valence-corrected chi connectivity index (χ2v) is 8.08. The van der Waals surface area contributed by atoms with Gasteiger partial charge >= 0.3 is 5.97 Å². The molecule has 0 spiro atoms. The van der Waals surface area contributed by atoms with Gasteiger partial charge in [-0.1, -0.05) is 51.2 Å². The molecule has 0 aliphatic carbocycles. The first kappa shape index (κ1) is 24.6. The predicted octanol–water partition coefficient (Wildman–Crippen LogP) is 3.22. The number of carboxylic acids is 1. The lowest BCUT2D eigenvalue weighted by Crippen LogP contribution is -2.45. The van der Waals surface area contributed by atoms with Gasteiger partial charge in [-0.2, -0.15) is 0 Å². The number of rotatable bonds is 16. The number of allylic oxidation sites excluding steroid dienone is 2. The van der Waals surface area contributed by atoms with Crippen molar-refractivity contribution in [1.29, 1.82) is 0 Å². The van der Waals surface area contributed by atoms with Crippen molar-refractivity contribution < 1.29 is 23.9 Å². The highest BCUT2D eigenvalue weighted by molar-refractivity contribution is 5.70. The number of likely N-dealkylation sites (N-methyl/N-ethyl adjacent to an activating group) is 1. The van der Waals surface area contributed by atoms with Gasteiger partial charge in [0, 0.05) is 18.8 Å². The summed E-state index contributed by atoms with van der Waals surface area (Å²) in [5.41, 5.74) is 0. The smallest absolute Gasteiger partial charge is 0.306 e. The van der Waals surface area contributed by atoms with Crippen molar-refractivity contribution in [3.8, 4) is 0 Å². The number of unbranched alkanes of at least 4 members (excludes halogenated alkanes) is 7. The van der Waals surface area contributed by atoms with Gasteiger partial charge in [-0.15, -0.1) is 0 Å². The van der Waals surface area contributed by atoms with Crippen molar-refractivity contribution in [2.45, 2.75) is 83.7 Å². The molecule has 0 heterocycles. The van der Waals surface area contributed by atoms with E-state index in [9.17, 15) is 14.7 Å². The Hall–Kier alpha value is -1.36. The monoisotopic (exact) mass is 369 g/mol. The number of carbonyl (C=O) groups excluding carboxylic acids is 2. The van der Waals surface area contributed by atoms with Gasteiger partial charge in [0.05, 0.1) is 21.1 Å². The highest BCUT2D eigenvalue weighted by atomic mass is 16.5. The maximum Gasteiger partial charge on any atom is 0.306 e. The molecule has 5 nitrogen and oxygen atoms in total. The van der Waals surface area contributed by atoms with Crippen LogP contribution >= 0.6 is 0 Å². The minimum absolute atomic E-state index is 0.251. The molecule has 0 aromatic heterocycles. The zero-order chi connectivity index (χ0) is 19.8. The van der Waals surface area contributed by atoms with Crippen LogP contribution in [0.4, 0.5) is 0 Å². The number of esters is 1. The van der Waals surface area contributed by atoms with Gasteiger partial charge in [0.15, 0.2) is 6.10 Å². The fraction of sp³-hybridized carbons (Fsp3) is 0.810. The summed E-state index contributed by atoms with van der Waals surface area (Å²) < 4.78 is 5.86. The molecular formula is C21H39NO4. The predicted molar refractivity (Wildman–Crippen MR) is 103 cm³/mol. The number of hydrogen-bond donors (Lipinski definition) is 0. The molecule has 0 rings (SSSR count). The van der Waals surface area contributed by atoms with Gasteiger partial charge in [-0.3, -0.25) is 4.79 Å². The standard InChI is InChI=1S/C21H39NO4/c1-5-6-7-8-9-10-11-12-13-14-15-16-21(25)26-19(17-20(23)24)18-22(2,3)4/h12-13,19H,5-11,14-18H2,1-4H3/b13-12-. The SMILES string of the molecule is CCCCCCCC/C=C\CCCC(=O)OC(CC(=O)[O-])C[N+](C)(C)C. The summed E-state index contributed by atoms with van der Waals surface area (Å²) in [5, 5.41) is 10.8. The average molecular weight is 370 g/mol. The highest BCUT2D eigenvalue weighted by Crippen LogP contribution is 2.09. The third kappa shape index (κ3) is 17.5. The fourth-order valence-corrected chi connectivity index (χ4v) is 2.83. The Labute approximate surface area is 160 Å². The van der Waals surface area contributed by atoms with Gasteiger partial charge < -0.3 is 19.1 Å². The van der Waals surface area contributed by atoms with E-state index < -0.39 is 12.1 Å². The molecule has 0 N–H and O–H groups in total. The first-order valence-electron chi connectivity index (χ1n) is 10.1. The molecule has 0 amide bonds. The van der Waals surface area contributed by atoms with Gasteiger partial charge in [-0.05, 0) is 25.7 Å². The molecule has 0 radical (unpaired) electrons. The lowest BCUT2D eigenvalue weighted by molar-refractivity contribution is -0.873. The molecule has 0 aliphatic rings. The van der Waals surface area contributed by atoms with Crippen molar-refractivity contribution in [2.75, 3.05) is 27.7 Å². The minimum atomic E-state index is -1.19. The van der Waals surface area contributed by atoms with Gasteiger partial charge in [-0.25, -0.2) is 0 Å². The van der Waals surface area contributed by atoms with E-state index in [1.165, 1.54) is 38.5 Å². The quantitative estimate of drug-likeness (QED) is 0.181. The van der Waals surface area contributed by atoms with Crippen LogP contribution in [-0.2, 0) is 14.3 Å². The molecule has 0 bridgehead atoms. The summed E-state index contributed by atoms with van der Waals surface area (Å²) in [4.78, 5) is 22.7. The Morgan fingerprint density at radius 2 is 1.54 bits per heavy atom. The summed E-state index contributed by atoms with van der Waals surface area (Å²) in [6.07, 6.45) is 14.3. The summed E-state index contributed by atoms with van der Waals surface area (Å²) in [5.74, 6) is -1.51. The second-order valence-electron chi connectivity index (χ2n) is 8.08. The van der Waals surface area contributed by atoms with E-state index in [-0.39, 0.29) is 12.4 Å². The molecule has 0 fully saturated rings.